The number of hydrogen-bond acceptors (Lipinski definition) is 14. The van der Waals surface area contributed by atoms with Gasteiger partial charge in [0.05, 0.1) is 47.5 Å². The fourth-order valence-corrected chi connectivity index (χ4v) is 10.7. The number of rotatable bonds is 14. The summed E-state index contributed by atoms with van der Waals surface area (Å²) in [7, 11) is 5.28. The summed E-state index contributed by atoms with van der Waals surface area (Å²) < 4.78 is 40.6. The molecule has 372 valence electrons. The predicted molar refractivity (Wildman–Crippen MR) is 253 cm³/mol. The van der Waals surface area contributed by atoms with Crippen LogP contribution < -0.4 is 0 Å². The van der Waals surface area contributed by atoms with E-state index in [1.807, 2.05) is 89.5 Å². The van der Waals surface area contributed by atoms with E-state index < -0.39 is 89.3 Å². The Morgan fingerprint density at radius 3 is 2.26 bits per heavy atom. The van der Waals surface area contributed by atoms with Crippen molar-refractivity contribution < 1.29 is 52.4 Å². The highest BCUT2D eigenvalue weighted by Crippen LogP contribution is 2.45. The molecule has 5 heterocycles. The van der Waals surface area contributed by atoms with Crippen molar-refractivity contribution in [3.05, 3.63) is 72.4 Å². The lowest BCUT2D eigenvalue weighted by molar-refractivity contribution is -0.294. The monoisotopic (exact) mass is 944 g/mol. The second-order valence-corrected chi connectivity index (χ2v) is 19.6. The van der Waals surface area contributed by atoms with Crippen LogP contribution in [-0.4, -0.2) is 136 Å². The first kappa shape index (κ1) is 52.3. The SMILES string of the molecule is CC[C@H]1OC(=O)[C@H](C)C(=O)[C@H](C)[C@@H](OC2O[C@H](C)C[C@H](N(C)C)[C@H]2OC(=O)c2ccccc2)[C@@](C)(OC)C[C@@H](C)C(=O)[C@H](C)[C@H]2N(CCCCn3cnc(-c4ccc(C)nc4)c3)C(=O)O[C@]12CC. The fraction of sp³-hybridized carbons (Fsp3) is 0.635. The van der Waals surface area contributed by atoms with Gasteiger partial charge in [-0.1, -0.05) is 52.8 Å². The number of unbranched alkanes of at least 4 members (excludes halogenated alkanes) is 1. The number of fused-ring (bicyclic) bond motifs is 1. The van der Waals surface area contributed by atoms with E-state index in [-0.39, 0.29) is 43.7 Å². The summed E-state index contributed by atoms with van der Waals surface area (Å²) >= 11 is 0. The molecule has 3 aromatic rings. The van der Waals surface area contributed by atoms with Crippen LogP contribution in [0.4, 0.5) is 4.79 Å². The summed E-state index contributed by atoms with van der Waals surface area (Å²) in [5, 5.41) is 0. The van der Waals surface area contributed by atoms with Crippen LogP contribution in [0.5, 0.6) is 0 Å². The number of aromatic nitrogens is 3. The molecule has 0 radical (unpaired) electrons. The van der Waals surface area contributed by atoms with Crippen molar-refractivity contribution in [1.29, 1.82) is 0 Å². The lowest BCUT2D eigenvalue weighted by Crippen LogP contribution is -2.61. The third kappa shape index (κ3) is 11.0. The molecule has 3 aliphatic heterocycles. The van der Waals surface area contributed by atoms with Crippen molar-refractivity contribution >= 4 is 29.6 Å². The molecule has 1 unspecified atom stereocenters. The Labute approximate surface area is 401 Å². The highest BCUT2D eigenvalue weighted by Gasteiger charge is 2.62. The quantitative estimate of drug-likeness (QED) is 0.0672. The normalized spacial score (nSPS) is 32.9. The van der Waals surface area contributed by atoms with Gasteiger partial charge in [0.2, 0.25) is 0 Å². The first-order valence-corrected chi connectivity index (χ1v) is 24.3. The smallest absolute Gasteiger partial charge is 0.410 e. The van der Waals surface area contributed by atoms with E-state index in [9.17, 15) is 19.2 Å². The molecular weight excluding hydrogens is 871 g/mol. The van der Waals surface area contributed by atoms with Crippen molar-refractivity contribution in [2.45, 2.75) is 161 Å². The number of ketones is 2. The van der Waals surface area contributed by atoms with Crippen LogP contribution in [-0.2, 0) is 49.3 Å². The highest BCUT2D eigenvalue weighted by atomic mass is 16.7. The molecule has 1 amide bonds. The molecular formula is C52H73N5O11. The average molecular weight is 944 g/mol. The summed E-state index contributed by atoms with van der Waals surface area (Å²) in [5.74, 6) is -5.77. The van der Waals surface area contributed by atoms with Crippen molar-refractivity contribution in [3.8, 4) is 11.3 Å². The van der Waals surface area contributed by atoms with Gasteiger partial charge in [-0.25, -0.2) is 14.6 Å². The minimum Gasteiger partial charge on any atom is -0.457 e. The van der Waals surface area contributed by atoms with Crippen LogP contribution in [0.3, 0.4) is 0 Å². The van der Waals surface area contributed by atoms with E-state index in [1.54, 1.807) is 55.5 Å². The maximum absolute atomic E-state index is 15.1. The van der Waals surface area contributed by atoms with Crippen LogP contribution in [0, 0.1) is 30.6 Å². The third-order valence-corrected chi connectivity index (χ3v) is 14.6. The number of carbonyl (C=O) groups is 5. The Balaban J connectivity index is 1.31. The molecule has 2 aromatic heterocycles. The second kappa shape index (κ2) is 22.2. The number of hydrogen-bond donors (Lipinski definition) is 0. The Bertz CT molecular complexity index is 2220. The number of benzene rings is 1. The number of esters is 2. The summed E-state index contributed by atoms with van der Waals surface area (Å²) in [6.45, 7) is 17.0. The largest absolute Gasteiger partial charge is 0.457 e. The molecule has 16 nitrogen and oxygen atoms in total. The molecule has 0 spiro atoms. The molecule has 0 saturated carbocycles. The standard InChI is InChI=1S/C52H73N5O11/c1-13-41-52(14-2)45(57(50(62)68-52)25-19-18-24-56-29-39(54-30-56)38-23-22-32(4)53-28-38)34(6)42(58)31(3)27-51(9,63-12)46(35(7)43(59)36(8)47(60)65-41)67-49-44(40(55(10)11)26-33(5)64-49)66-48(61)37-20-16-15-17-21-37/h15-17,20-23,28-31,33-36,40-41,44-46,49H,13-14,18-19,24-27H2,1-12H3/t31-,33-,34+,35+,36-,40+,41-,44-,45-,46-,49?,51+,52-/m1/s1. The van der Waals surface area contributed by atoms with Gasteiger partial charge in [0.1, 0.15) is 17.8 Å². The van der Waals surface area contributed by atoms with Crippen LogP contribution in [0.15, 0.2) is 61.2 Å². The van der Waals surface area contributed by atoms with Crippen molar-refractivity contribution in [2.24, 2.45) is 23.7 Å². The van der Waals surface area contributed by atoms with Crippen LogP contribution >= 0.6 is 0 Å². The highest BCUT2D eigenvalue weighted by molar-refractivity contribution is 6.00. The Morgan fingerprint density at radius 2 is 1.63 bits per heavy atom. The van der Waals surface area contributed by atoms with Gasteiger partial charge < -0.3 is 42.8 Å². The van der Waals surface area contributed by atoms with Crippen molar-refractivity contribution in [3.63, 3.8) is 0 Å². The Hall–Kier alpha value is -5.03. The summed E-state index contributed by atoms with van der Waals surface area (Å²) in [4.78, 5) is 84.5. The molecule has 0 aliphatic carbocycles. The van der Waals surface area contributed by atoms with E-state index in [0.717, 1.165) is 17.0 Å². The molecule has 1 aromatic carbocycles. The molecule has 3 aliphatic rings. The van der Waals surface area contributed by atoms with Crippen molar-refractivity contribution in [2.75, 3.05) is 27.7 Å². The maximum atomic E-state index is 15.1. The number of Topliss-reactive ketones (excluding diaryl/α,β-unsaturated/α-hetero) is 2. The second-order valence-electron chi connectivity index (χ2n) is 19.6. The third-order valence-electron chi connectivity index (χ3n) is 14.6. The maximum Gasteiger partial charge on any atom is 0.410 e. The number of ether oxygens (including phenoxy) is 6. The number of likely N-dealkylation sites (N-methyl/N-ethyl adjacent to an activating group) is 1. The first-order chi connectivity index (χ1) is 32.3. The zero-order valence-corrected chi connectivity index (χ0v) is 42.0. The van der Waals surface area contributed by atoms with Gasteiger partial charge in [-0.15, -0.1) is 0 Å². The number of nitrogens with zero attached hydrogens (tertiary/aromatic N) is 5. The number of imidazole rings is 1. The van der Waals surface area contributed by atoms with E-state index in [2.05, 4.69) is 9.97 Å². The zero-order valence-electron chi connectivity index (χ0n) is 42.0. The minimum absolute atomic E-state index is 0.0883. The molecule has 3 saturated heterocycles. The molecule has 6 rings (SSSR count). The lowest BCUT2D eigenvalue weighted by Gasteiger charge is -2.48. The number of cyclic esters (lactones) is 1. The van der Waals surface area contributed by atoms with Gasteiger partial charge in [0, 0.05) is 61.6 Å². The average Bonchev–Trinajstić information content (AvgIpc) is 3.92. The lowest BCUT2D eigenvalue weighted by atomic mass is 9.72. The molecule has 0 N–H and O–H groups in total. The summed E-state index contributed by atoms with van der Waals surface area (Å²) in [6, 6.07) is 11.4. The summed E-state index contributed by atoms with van der Waals surface area (Å²) in [5.41, 5.74) is 0.266. The summed E-state index contributed by atoms with van der Waals surface area (Å²) in [6.07, 6.45) is 2.79. The van der Waals surface area contributed by atoms with Crippen LogP contribution in [0.1, 0.15) is 110 Å². The van der Waals surface area contributed by atoms with Gasteiger partial charge in [-0.3, -0.25) is 19.4 Å². The van der Waals surface area contributed by atoms with Gasteiger partial charge in [-0.05, 0) is 105 Å². The topological polar surface area (TPSA) is 178 Å². The Kier molecular flexibility index (Phi) is 17.1. The van der Waals surface area contributed by atoms with Gasteiger partial charge in [-0.2, -0.15) is 0 Å². The molecule has 68 heavy (non-hydrogen) atoms. The van der Waals surface area contributed by atoms with Gasteiger partial charge >= 0.3 is 18.0 Å². The predicted octanol–water partition coefficient (Wildman–Crippen LogP) is 7.49. The number of methoxy groups -OCH3 is 1. The van der Waals surface area contributed by atoms with Gasteiger partial charge in [0.25, 0.3) is 0 Å². The van der Waals surface area contributed by atoms with Crippen LogP contribution in [0.25, 0.3) is 11.3 Å². The molecule has 0 bridgehead atoms. The number of pyridine rings is 1. The van der Waals surface area contributed by atoms with E-state index in [1.165, 1.54) is 14.0 Å². The van der Waals surface area contributed by atoms with Crippen molar-refractivity contribution in [1.82, 2.24) is 24.3 Å². The van der Waals surface area contributed by atoms with Gasteiger partial charge in [0.15, 0.2) is 23.8 Å². The number of amides is 1. The number of carbonyl (C=O) groups excluding carboxylic acids is 5. The van der Waals surface area contributed by atoms with E-state index >= 15 is 4.79 Å². The van der Waals surface area contributed by atoms with E-state index in [0.29, 0.717) is 31.4 Å². The molecule has 13 atom stereocenters. The number of aryl methyl sites for hydroxylation is 2. The Morgan fingerprint density at radius 1 is 0.926 bits per heavy atom. The van der Waals surface area contributed by atoms with E-state index in [4.69, 9.17) is 28.4 Å². The molecule has 3 fully saturated rings. The first-order valence-electron chi connectivity index (χ1n) is 24.3. The zero-order chi connectivity index (χ0) is 49.7. The molecule has 16 heteroatoms. The fourth-order valence-electron chi connectivity index (χ4n) is 10.7. The van der Waals surface area contributed by atoms with Crippen LogP contribution in [0.2, 0.25) is 0 Å². The minimum atomic E-state index is -1.39.